The second-order valence-electron chi connectivity index (χ2n) is 6.03. The van der Waals surface area contributed by atoms with E-state index in [4.69, 9.17) is 0 Å². The number of aryl methyl sites for hydroxylation is 1. The van der Waals surface area contributed by atoms with Crippen LogP contribution in [0.1, 0.15) is 26.5 Å². The summed E-state index contributed by atoms with van der Waals surface area (Å²) in [5.74, 6) is -0.992. The Kier molecular flexibility index (Phi) is 6.15. The maximum absolute atomic E-state index is 12.2. The highest BCUT2D eigenvalue weighted by molar-refractivity contribution is 7.15. The number of amides is 2. The zero-order valence-electron chi connectivity index (χ0n) is 15.3. The van der Waals surface area contributed by atoms with Gasteiger partial charge in [-0.05, 0) is 31.2 Å². The van der Waals surface area contributed by atoms with Crippen LogP contribution < -0.4 is 10.7 Å². The Labute approximate surface area is 169 Å². The highest BCUT2D eigenvalue weighted by Gasteiger charge is 2.12. The molecule has 0 unspecified atom stereocenters. The third-order valence-corrected chi connectivity index (χ3v) is 4.56. The van der Waals surface area contributed by atoms with E-state index in [2.05, 4.69) is 26.0 Å². The lowest BCUT2D eigenvalue weighted by atomic mass is 10.1. The van der Waals surface area contributed by atoms with Crippen LogP contribution in [0.25, 0.3) is 0 Å². The molecular weight excluding hydrogens is 394 g/mol. The van der Waals surface area contributed by atoms with Crippen molar-refractivity contribution in [1.82, 2.24) is 15.6 Å². The van der Waals surface area contributed by atoms with Crippen molar-refractivity contribution in [3.05, 3.63) is 64.2 Å². The number of hydrogen-bond acceptors (Lipinski definition) is 8. The molecule has 10 heteroatoms. The molecule has 0 aliphatic carbocycles. The smallest absolute Gasteiger partial charge is 0.257 e. The van der Waals surface area contributed by atoms with Crippen LogP contribution in [0.15, 0.2) is 47.6 Å². The second-order valence-corrected chi connectivity index (χ2v) is 7.10. The van der Waals surface area contributed by atoms with E-state index in [0.29, 0.717) is 16.1 Å². The van der Waals surface area contributed by atoms with Gasteiger partial charge in [-0.1, -0.05) is 29.0 Å². The number of aromatic hydroxyl groups is 2. The minimum Gasteiger partial charge on any atom is -0.508 e. The molecule has 3 rings (SSSR count). The van der Waals surface area contributed by atoms with E-state index in [9.17, 15) is 19.8 Å². The summed E-state index contributed by atoms with van der Waals surface area (Å²) in [5.41, 5.74) is 4.19. The summed E-state index contributed by atoms with van der Waals surface area (Å²) in [6.07, 6.45) is 1.18. The molecule has 0 radical (unpaired) electrons. The highest BCUT2D eigenvalue weighted by atomic mass is 32.1. The van der Waals surface area contributed by atoms with Crippen molar-refractivity contribution in [1.29, 1.82) is 0 Å². The number of phenols is 2. The predicted molar refractivity (Wildman–Crippen MR) is 108 cm³/mol. The van der Waals surface area contributed by atoms with Crippen molar-refractivity contribution in [2.45, 2.75) is 13.3 Å². The fourth-order valence-electron chi connectivity index (χ4n) is 2.24. The van der Waals surface area contributed by atoms with E-state index in [0.717, 1.165) is 23.0 Å². The molecule has 0 atom stereocenters. The van der Waals surface area contributed by atoms with Crippen LogP contribution in [-0.2, 0) is 11.2 Å². The maximum Gasteiger partial charge on any atom is 0.257 e. The van der Waals surface area contributed by atoms with Crippen LogP contribution in [0.4, 0.5) is 5.13 Å². The van der Waals surface area contributed by atoms with Crippen molar-refractivity contribution in [2.24, 2.45) is 5.10 Å². The first-order chi connectivity index (χ1) is 13.9. The van der Waals surface area contributed by atoms with E-state index >= 15 is 0 Å². The largest absolute Gasteiger partial charge is 0.508 e. The molecule has 1 heterocycles. The summed E-state index contributed by atoms with van der Waals surface area (Å²) in [6.45, 7) is 1.93. The molecule has 2 aromatic carbocycles. The van der Waals surface area contributed by atoms with Crippen molar-refractivity contribution < 1.29 is 19.8 Å². The summed E-state index contributed by atoms with van der Waals surface area (Å²) < 4.78 is 0. The van der Waals surface area contributed by atoms with Crippen LogP contribution in [0.3, 0.4) is 0 Å². The third-order valence-electron chi connectivity index (χ3n) is 3.72. The van der Waals surface area contributed by atoms with Crippen molar-refractivity contribution in [2.75, 3.05) is 5.32 Å². The quantitative estimate of drug-likeness (QED) is 0.363. The summed E-state index contributed by atoms with van der Waals surface area (Å²) in [5, 5.41) is 33.7. The molecule has 0 saturated heterocycles. The van der Waals surface area contributed by atoms with Gasteiger partial charge in [0.1, 0.15) is 16.5 Å². The first-order valence-corrected chi connectivity index (χ1v) is 9.26. The standard InChI is InChI=1S/C19H17N5O4S/c1-11-2-4-12(5-3-11)18(28)21-19-24-23-17(29-19)9-16(27)22-20-10-13-6-7-14(25)8-15(13)26/h2-8,10,25-26H,9H2,1H3,(H,22,27)(H,21,24,28). The zero-order valence-corrected chi connectivity index (χ0v) is 16.1. The number of aromatic nitrogens is 2. The van der Waals surface area contributed by atoms with Gasteiger partial charge in [0, 0.05) is 17.2 Å². The number of phenolic OH excluding ortho intramolecular Hbond substituents is 2. The van der Waals surface area contributed by atoms with Gasteiger partial charge < -0.3 is 10.2 Å². The van der Waals surface area contributed by atoms with E-state index in [1.807, 2.05) is 19.1 Å². The number of hydrazone groups is 1. The Hall–Kier alpha value is -3.79. The van der Waals surface area contributed by atoms with Crippen molar-refractivity contribution in [3.8, 4) is 11.5 Å². The number of benzene rings is 2. The molecule has 2 amide bonds. The van der Waals surface area contributed by atoms with Crippen LogP contribution >= 0.6 is 11.3 Å². The lowest BCUT2D eigenvalue weighted by Crippen LogP contribution is -2.19. The molecule has 0 fully saturated rings. The third kappa shape index (κ3) is 5.59. The van der Waals surface area contributed by atoms with Gasteiger partial charge in [0.15, 0.2) is 0 Å². The highest BCUT2D eigenvalue weighted by Crippen LogP contribution is 2.21. The first kappa shape index (κ1) is 20.0. The van der Waals surface area contributed by atoms with E-state index in [1.165, 1.54) is 18.3 Å². The predicted octanol–water partition coefficient (Wildman–Crippen LogP) is 2.20. The molecule has 0 aliphatic rings. The van der Waals surface area contributed by atoms with Gasteiger partial charge in [-0.25, -0.2) is 5.43 Å². The summed E-state index contributed by atoms with van der Waals surface area (Å²) in [4.78, 5) is 24.1. The zero-order chi connectivity index (χ0) is 20.8. The minimum absolute atomic E-state index is 0.0725. The summed E-state index contributed by atoms with van der Waals surface area (Å²) >= 11 is 1.09. The normalized spacial score (nSPS) is 10.8. The molecule has 4 N–H and O–H groups in total. The van der Waals surface area contributed by atoms with E-state index in [-0.39, 0.29) is 29.0 Å². The Morgan fingerprint density at radius 2 is 1.90 bits per heavy atom. The Bertz CT molecular complexity index is 1060. The molecule has 3 aromatic rings. The number of rotatable bonds is 6. The first-order valence-electron chi connectivity index (χ1n) is 8.45. The summed E-state index contributed by atoms with van der Waals surface area (Å²) in [6, 6.07) is 11.1. The van der Waals surface area contributed by atoms with Gasteiger partial charge in [0.05, 0.1) is 12.6 Å². The molecule has 148 valence electrons. The van der Waals surface area contributed by atoms with Crippen molar-refractivity contribution in [3.63, 3.8) is 0 Å². The number of carbonyl (C=O) groups excluding carboxylic acids is 2. The number of nitrogens with one attached hydrogen (secondary N) is 2. The van der Waals surface area contributed by atoms with Gasteiger partial charge in [0.2, 0.25) is 11.0 Å². The molecule has 0 saturated carbocycles. The second kappa shape index (κ2) is 8.93. The van der Waals surface area contributed by atoms with Gasteiger partial charge in [-0.15, -0.1) is 10.2 Å². The monoisotopic (exact) mass is 411 g/mol. The van der Waals surface area contributed by atoms with Gasteiger partial charge in [0.25, 0.3) is 5.91 Å². The van der Waals surface area contributed by atoms with Gasteiger partial charge >= 0.3 is 0 Å². The molecule has 0 aliphatic heterocycles. The number of carbonyl (C=O) groups is 2. The van der Waals surface area contributed by atoms with Crippen LogP contribution in [0.5, 0.6) is 11.5 Å². The number of anilines is 1. The molecule has 0 bridgehead atoms. The average molecular weight is 411 g/mol. The topological polar surface area (TPSA) is 137 Å². The summed E-state index contributed by atoms with van der Waals surface area (Å²) in [7, 11) is 0. The van der Waals surface area contributed by atoms with Crippen LogP contribution in [0.2, 0.25) is 0 Å². The maximum atomic E-state index is 12.2. The minimum atomic E-state index is -0.438. The number of nitrogens with zero attached hydrogens (tertiary/aromatic N) is 3. The Morgan fingerprint density at radius 1 is 1.14 bits per heavy atom. The molecule has 0 spiro atoms. The lowest BCUT2D eigenvalue weighted by Gasteiger charge is -2.01. The molecule has 1 aromatic heterocycles. The average Bonchev–Trinajstić information content (AvgIpc) is 3.10. The van der Waals surface area contributed by atoms with Crippen molar-refractivity contribution >= 4 is 34.5 Å². The molecule has 9 nitrogen and oxygen atoms in total. The van der Waals surface area contributed by atoms with E-state index in [1.54, 1.807) is 12.1 Å². The Morgan fingerprint density at radius 3 is 2.62 bits per heavy atom. The lowest BCUT2D eigenvalue weighted by molar-refractivity contribution is -0.120. The fourth-order valence-corrected chi connectivity index (χ4v) is 2.98. The molecule has 29 heavy (non-hydrogen) atoms. The van der Waals surface area contributed by atoms with Gasteiger partial charge in [-0.2, -0.15) is 5.10 Å². The van der Waals surface area contributed by atoms with Gasteiger partial charge in [-0.3, -0.25) is 14.9 Å². The van der Waals surface area contributed by atoms with Crippen LogP contribution in [0, 0.1) is 6.92 Å². The SMILES string of the molecule is Cc1ccc(C(=O)Nc2nnc(CC(=O)NN=Cc3ccc(O)cc3O)s2)cc1. The van der Waals surface area contributed by atoms with E-state index < -0.39 is 5.91 Å². The Balaban J connectivity index is 1.52. The number of hydrogen-bond donors (Lipinski definition) is 4. The fraction of sp³-hybridized carbons (Fsp3) is 0.105. The molecular formula is C19H17N5O4S. The van der Waals surface area contributed by atoms with Crippen LogP contribution in [-0.4, -0.2) is 38.4 Å².